The van der Waals surface area contributed by atoms with Crippen LogP contribution in [0.3, 0.4) is 0 Å². The first-order valence-corrected chi connectivity index (χ1v) is 9.64. The van der Waals surface area contributed by atoms with E-state index in [9.17, 15) is 9.59 Å². The van der Waals surface area contributed by atoms with Gasteiger partial charge in [0, 0.05) is 20.7 Å². The van der Waals surface area contributed by atoms with Gasteiger partial charge in [-0.3, -0.25) is 0 Å². The van der Waals surface area contributed by atoms with Crippen LogP contribution in [0.15, 0.2) is 51.7 Å². The van der Waals surface area contributed by atoms with Crippen LogP contribution in [0.25, 0.3) is 11.0 Å². The van der Waals surface area contributed by atoms with Crippen LogP contribution in [0, 0.1) is 0 Å². The Morgan fingerprint density at radius 1 is 1.12 bits per heavy atom. The van der Waals surface area contributed by atoms with Gasteiger partial charge in [-0.05, 0) is 47.5 Å². The zero-order valence-corrected chi connectivity index (χ0v) is 16.4. The maximum atomic E-state index is 12.4. The zero-order valence-electron chi connectivity index (χ0n) is 12.7. The van der Waals surface area contributed by atoms with E-state index in [1.807, 2.05) is 0 Å². The molecule has 0 aliphatic rings. The van der Waals surface area contributed by atoms with E-state index in [4.69, 9.17) is 32.4 Å². The summed E-state index contributed by atoms with van der Waals surface area (Å²) in [6, 6.07) is 11.6. The molecule has 3 rings (SSSR count). The average Bonchev–Trinajstić information content (AvgIpc) is 2.60. The van der Waals surface area contributed by atoms with Crippen molar-refractivity contribution in [2.75, 3.05) is 0 Å². The molecule has 0 unspecified atom stereocenters. The molecule has 1 heterocycles. The lowest BCUT2D eigenvalue weighted by Gasteiger charge is -2.07. The summed E-state index contributed by atoms with van der Waals surface area (Å²) in [5.74, 6) is -0.206. The predicted molar refractivity (Wildman–Crippen MR) is 106 cm³/mol. The number of hydrogen-bond donors (Lipinski definition) is 0. The molecule has 7 heteroatoms. The molecule has 0 radical (unpaired) electrons. The highest BCUT2D eigenvalue weighted by Gasteiger charge is 2.17. The van der Waals surface area contributed by atoms with Crippen molar-refractivity contribution in [3.63, 3.8) is 0 Å². The van der Waals surface area contributed by atoms with Crippen LogP contribution in [0.2, 0.25) is 5.02 Å². The van der Waals surface area contributed by atoms with E-state index in [2.05, 4.69) is 22.6 Å². The molecule has 2 aromatic carbocycles. The standard InChI is InChI=1S/C18H11Cl2IO4/c19-8-10-1-2-16-12(3-10)6-15(18(23)25-16)17(22)24-14-5-11(9-21)4-13(20)7-14/h1-7H,8-9H2. The lowest BCUT2D eigenvalue weighted by Crippen LogP contribution is -2.18. The van der Waals surface area contributed by atoms with E-state index in [1.165, 1.54) is 12.1 Å². The number of ether oxygens (including phenoxy) is 1. The van der Waals surface area contributed by atoms with Gasteiger partial charge in [0.2, 0.25) is 0 Å². The molecule has 0 saturated heterocycles. The monoisotopic (exact) mass is 488 g/mol. The molecular weight excluding hydrogens is 478 g/mol. The molecule has 0 N–H and O–H groups in total. The van der Waals surface area contributed by atoms with Gasteiger partial charge in [0.25, 0.3) is 0 Å². The fourth-order valence-corrected chi connectivity index (χ4v) is 3.17. The lowest BCUT2D eigenvalue weighted by molar-refractivity contribution is 0.0730. The number of esters is 1. The molecule has 0 spiro atoms. The molecule has 0 fully saturated rings. The van der Waals surface area contributed by atoms with Crippen molar-refractivity contribution in [1.82, 2.24) is 0 Å². The Morgan fingerprint density at radius 2 is 1.92 bits per heavy atom. The second-order valence-corrected chi connectivity index (χ2v) is 6.74. The van der Waals surface area contributed by atoms with Crippen molar-refractivity contribution in [3.05, 3.63) is 74.6 Å². The van der Waals surface area contributed by atoms with E-state index in [-0.39, 0.29) is 11.3 Å². The highest BCUT2D eigenvalue weighted by Crippen LogP contribution is 2.24. The van der Waals surface area contributed by atoms with Crippen LogP contribution in [0.5, 0.6) is 5.75 Å². The van der Waals surface area contributed by atoms with Gasteiger partial charge in [-0.1, -0.05) is 40.3 Å². The molecule has 0 aliphatic carbocycles. The van der Waals surface area contributed by atoms with E-state index >= 15 is 0 Å². The second kappa shape index (κ2) is 7.76. The van der Waals surface area contributed by atoms with Gasteiger partial charge in [-0.15, -0.1) is 11.6 Å². The second-order valence-electron chi connectivity index (χ2n) is 5.27. The first-order chi connectivity index (χ1) is 12.0. The topological polar surface area (TPSA) is 56.5 Å². The van der Waals surface area contributed by atoms with Gasteiger partial charge in [0.05, 0.1) is 0 Å². The molecule has 0 bridgehead atoms. The molecule has 0 amide bonds. The number of carbonyl (C=O) groups excluding carboxylic acids is 1. The third-order valence-corrected chi connectivity index (χ3v) is 4.87. The fourth-order valence-electron chi connectivity index (χ4n) is 2.32. The third kappa shape index (κ3) is 4.16. The average molecular weight is 489 g/mol. The number of hydrogen-bond acceptors (Lipinski definition) is 4. The Balaban J connectivity index is 1.97. The zero-order chi connectivity index (χ0) is 18.0. The van der Waals surface area contributed by atoms with Crippen LogP contribution in [0.1, 0.15) is 21.5 Å². The van der Waals surface area contributed by atoms with Crippen molar-refractivity contribution < 1.29 is 13.9 Å². The number of benzene rings is 2. The van der Waals surface area contributed by atoms with Gasteiger partial charge < -0.3 is 9.15 Å². The minimum Gasteiger partial charge on any atom is -0.423 e. The summed E-state index contributed by atoms with van der Waals surface area (Å²) < 4.78 is 11.2. The molecule has 128 valence electrons. The summed E-state index contributed by atoms with van der Waals surface area (Å²) in [6.07, 6.45) is 0. The van der Waals surface area contributed by atoms with Crippen LogP contribution in [0.4, 0.5) is 0 Å². The van der Waals surface area contributed by atoms with Crippen molar-refractivity contribution in [2.45, 2.75) is 10.3 Å². The van der Waals surface area contributed by atoms with Gasteiger partial charge >= 0.3 is 11.6 Å². The smallest absolute Gasteiger partial charge is 0.351 e. The van der Waals surface area contributed by atoms with Crippen molar-refractivity contribution >= 4 is 62.7 Å². The Labute approximate surface area is 166 Å². The SMILES string of the molecule is O=C(Oc1cc(Cl)cc(CI)c1)c1cc2cc(CCl)ccc2oc1=O. The summed E-state index contributed by atoms with van der Waals surface area (Å²) in [5, 5.41) is 1.05. The summed E-state index contributed by atoms with van der Waals surface area (Å²) in [4.78, 5) is 24.5. The Hall–Kier alpha value is -1.57. The Morgan fingerprint density at radius 3 is 2.64 bits per heavy atom. The summed E-state index contributed by atoms with van der Waals surface area (Å²) in [7, 11) is 0. The van der Waals surface area contributed by atoms with Crippen molar-refractivity contribution in [3.8, 4) is 5.75 Å². The maximum Gasteiger partial charge on any atom is 0.351 e. The first kappa shape index (κ1) is 18.2. The van der Waals surface area contributed by atoms with E-state index in [0.717, 1.165) is 11.1 Å². The van der Waals surface area contributed by atoms with Crippen molar-refractivity contribution in [2.24, 2.45) is 0 Å². The Bertz CT molecular complexity index is 1010. The molecule has 1 aromatic heterocycles. The quantitative estimate of drug-likeness (QED) is 0.163. The Kier molecular flexibility index (Phi) is 5.66. The molecule has 4 nitrogen and oxygen atoms in total. The van der Waals surface area contributed by atoms with Gasteiger partial charge in [0.15, 0.2) is 0 Å². The van der Waals surface area contributed by atoms with E-state index < -0.39 is 11.6 Å². The number of carbonyl (C=O) groups is 1. The van der Waals surface area contributed by atoms with Crippen LogP contribution < -0.4 is 10.4 Å². The minimum atomic E-state index is -0.798. The maximum absolute atomic E-state index is 12.4. The molecular formula is C18H11Cl2IO4. The normalized spacial score (nSPS) is 10.8. The number of halogens is 3. The fraction of sp³-hybridized carbons (Fsp3) is 0.111. The predicted octanol–water partition coefficient (Wildman–Crippen LogP) is 5.34. The number of rotatable bonds is 4. The number of fused-ring (bicyclic) bond motifs is 1. The molecule has 3 aromatic rings. The van der Waals surface area contributed by atoms with Gasteiger partial charge in [-0.25, -0.2) is 9.59 Å². The van der Waals surface area contributed by atoms with Crippen molar-refractivity contribution in [1.29, 1.82) is 0 Å². The summed E-state index contributed by atoms with van der Waals surface area (Å²) in [5.41, 5.74) is 1.20. The van der Waals surface area contributed by atoms with Crippen LogP contribution in [-0.2, 0) is 10.3 Å². The highest BCUT2D eigenvalue weighted by atomic mass is 127. The largest absolute Gasteiger partial charge is 0.423 e. The first-order valence-electron chi connectivity index (χ1n) is 7.20. The lowest BCUT2D eigenvalue weighted by atomic mass is 10.1. The van der Waals surface area contributed by atoms with E-state index in [0.29, 0.717) is 26.3 Å². The van der Waals surface area contributed by atoms with Crippen LogP contribution in [-0.4, -0.2) is 5.97 Å². The highest BCUT2D eigenvalue weighted by molar-refractivity contribution is 14.1. The minimum absolute atomic E-state index is 0.185. The third-order valence-electron chi connectivity index (χ3n) is 3.47. The molecule has 0 atom stereocenters. The molecule has 0 aliphatic heterocycles. The molecule has 25 heavy (non-hydrogen) atoms. The van der Waals surface area contributed by atoms with Gasteiger partial charge in [-0.2, -0.15) is 0 Å². The molecule has 0 saturated carbocycles. The number of alkyl halides is 2. The van der Waals surface area contributed by atoms with Gasteiger partial charge in [0.1, 0.15) is 16.9 Å². The summed E-state index contributed by atoms with van der Waals surface area (Å²) >= 11 is 14.0. The van der Waals surface area contributed by atoms with Crippen LogP contribution >= 0.6 is 45.8 Å². The van der Waals surface area contributed by atoms with E-state index in [1.54, 1.807) is 30.3 Å². The summed E-state index contributed by atoms with van der Waals surface area (Å²) in [6.45, 7) is 0.